The van der Waals surface area contributed by atoms with Gasteiger partial charge in [0.1, 0.15) is 5.92 Å². The van der Waals surface area contributed by atoms with Crippen molar-refractivity contribution in [3.05, 3.63) is 94.5 Å². The molecule has 0 saturated carbocycles. The Balaban J connectivity index is 1.62. The molecule has 2 aliphatic rings. The van der Waals surface area contributed by atoms with Crippen LogP contribution in [0.5, 0.6) is 0 Å². The Morgan fingerprint density at radius 1 is 0.767 bits per heavy atom. The maximum Gasteiger partial charge on any atom is 0.266 e. The highest BCUT2D eigenvalue weighted by Gasteiger charge is 2.60. The lowest BCUT2D eigenvalue weighted by Crippen LogP contribution is -2.37. The molecule has 2 fully saturated rings. The van der Waals surface area contributed by atoms with Crippen molar-refractivity contribution in [2.24, 2.45) is 5.92 Å². The fourth-order valence-electron chi connectivity index (χ4n) is 4.10. The summed E-state index contributed by atoms with van der Waals surface area (Å²) in [6.45, 7) is 0. The molecule has 5 nitrogen and oxygen atoms in total. The molecule has 2 saturated heterocycles. The van der Waals surface area contributed by atoms with Crippen LogP contribution in [-0.2, 0) is 14.4 Å². The number of hydrogen-bond donors (Lipinski definition) is 0. The summed E-state index contributed by atoms with van der Waals surface area (Å²) >= 11 is 12.6. The van der Waals surface area contributed by atoms with Crippen LogP contribution in [0.25, 0.3) is 0 Å². The van der Waals surface area contributed by atoms with Gasteiger partial charge >= 0.3 is 0 Å². The number of para-hydroxylation sites is 2. The van der Waals surface area contributed by atoms with E-state index in [1.165, 1.54) is 4.90 Å². The SMILES string of the molecule is O=C1[C@H]2[C@@H](ON(c3ccccc3)[C@H]2c2ccc(Cl)cc2Cl)C(=O)N1c1ccccc1. The number of nitrogens with zero attached hydrogens (tertiary/aromatic N) is 2. The van der Waals surface area contributed by atoms with E-state index in [9.17, 15) is 9.59 Å². The molecule has 0 aliphatic carbocycles. The normalized spacial score (nSPS) is 23.2. The second kappa shape index (κ2) is 7.43. The van der Waals surface area contributed by atoms with Gasteiger partial charge in [0, 0.05) is 10.0 Å². The van der Waals surface area contributed by atoms with Crippen LogP contribution in [-0.4, -0.2) is 17.9 Å². The van der Waals surface area contributed by atoms with Crippen LogP contribution in [0.15, 0.2) is 78.9 Å². The third-order valence-corrected chi connectivity index (χ3v) is 5.98. The molecule has 150 valence electrons. The summed E-state index contributed by atoms with van der Waals surface area (Å²) in [5.41, 5.74) is 1.93. The smallest absolute Gasteiger partial charge is 0.266 e. The summed E-state index contributed by atoms with van der Waals surface area (Å²) in [6, 6.07) is 22.8. The van der Waals surface area contributed by atoms with Crippen LogP contribution in [0.1, 0.15) is 11.6 Å². The average Bonchev–Trinajstić information content (AvgIpc) is 3.26. The van der Waals surface area contributed by atoms with Gasteiger partial charge in [0.25, 0.3) is 5.91 Å². The molecular formula is C23H16Cl2N2O3. The molecular weight excluding hydrogens is 423 g/mol. The van der Waals surface area contributed by atoms with Gasteiger partial charge in [-0.1, -0.05) is 65.7 Å². The van der Waals surface area contributed by atoms with Gasteiger partial charge in [-0.25, -0.2) is 9.96 Å². The summed E-state index contributed by atoms with van der Waals surface area (Å²) in [7, 11) is 0. The molecule has 2 amide bonds. The molecule has 3 atom stereocenters. The molecule has 5 rings (SSSR count). The Morgan fingerprint density at radius 3 is 2.03 bits per heavy atom. The lowest BCUT2D eigenvalue weighted by atomic mass is 9.90. The predicted molar refractivity (Wildman–Crippen MR) is 115 cm³/mol. The number of carbonyl (C=O) groups is 2. The molecule has 2 heterocycles. The van der Waals surface area contributed by atoms with Crippen LogP contribution < -0.4 is 9.96 Å². The van der Waals surface area contributed by atoms with E-state index in [0.29, 0.717) is 21.3 Å². The topological polar surface area (TPSA) is 49.9 Å². The highest BCUT2D eigenvalue weighted by Crippen LogP contribution is 2.49. The van der Waals surface area contributed by atoms with Crippen LogP contribution in [0.4, 0.5) is 11.4 Å². The van der Waals surface area contributed by atoms with Crippen molar-refractivity contribution in [3.8, 4) is 0 Å². The molecule has 0 aromatic heterocycles. The van der Waals surface area contributed by atoms with Gasteiger partial charge in [-0.15, -0.1) is 0 Å². The molecule has 0 spiro atoms. The van der Waals surface area contributed by atoms with E-state index < -0.39 is 18.1 Å². The Labute approximate surface area is 183 Å². The molecule has 30 heavy (non-hydrogen) atoms. The van der Waals surface area contributed by atoms with E-state index in [1.54, 1.807) is 47.5 Å². The standard InChI is InChI=1S/C23H16Cl2N2O3/c24-14-11-12-17(18(25)13-14)20-19-21(30-27(20)16-9-5-2-6-10-16)23(29)26(22(19)28)15-7-3-1-4-8-15/h1-13,19-21H/t19-,20+,21-/m1/s1. The number of rotatable bonds is 3. The maximum absolute atomic E-state index is 13.5. The van der Waals surface area contributed by atoms with Crippen LogP contribution in [0, 0.1) is 5.92 Å². The number of hydrogen-bond acceptors (Lipinski definition) is 4. The Bertz CT molecular complexity index is 1120. The van der Waals surface area contributed by atoms with Crippen LogP contribution >= 0.6 is 23.2 Å². The highest BCUT2D eigenvalue weighted by molar-refractivity contribution is 6.35. The maximum atomic E-state index is 13.5. The lowest BCUT2D eigenvalue weighted by Gasteiger charge is -2.29. The molecule has 0 bridgehead atoms. The largest absolute Gasteiger partial charge is 0.273 e. The monoisotopic (exact) mass is 438 g/mol. The Hall–Kier alpha value is -2.86. The van der Waals surface area contributed by atoms with Crippen LogP contribution in [0.2, 0.25) is 10.0 Å². The van der Waals surface area contributed by atoms with Crippen LogP contribution in [0.3, 0.4) is 0 Å². The molecule has 0 unspecified atom stereocenters. The second-order valence-electron chi connectivity index (χ2n) is 7.17. The summed E-state index contributed by atoms with van der Waals surface area (Å²) < 4.78 is 0. The lowest BCUT2D eigenvalue weighted by molar-refractivity contribution is -0.126. The van der Waals surface area contributed by atoms with Gasteiger partial charge in [0.2, 0.25) is 5.91 Å². The number of halogens is 2. The molecule has 0 N–H and O–H groups in total. The third kappa shape index (κ3) is 2.98. The minimum atomic E-state index is -0.936. The molecule has 7 heteroatoms. The van der Waals surface area contributed by atoms with Crippen molar-refractivity contribution in [2.75, 3.05) is 9.96 Å². The number of amides is 2. The van der Waals surface area contributed by atoms with E-state index in [1.807, 2.05) is 36.4 Å². The number of anilines is 2. The van der Waals surface area contributed by atoms with E-state index in [4.69, 9.17) is 28.0 Å². The first-order valence-electron chi connectivity index (χ1n) is 9.45. The second-order valence-corrected chi connectivity index (χ2v) is 8.01. The van der Waals surface area contributed by atoms with E-state index in [-0.39, 0.29) is 11.8 Å². The first-order valence-corrected chi connectivity index (χ1v) is 10.2. The quantitative estimate of drug-likeness (QED) is 0.537. The summed E-state index contributed by atoms with van der Waals surface area (Å²) in [6.07, 6.45) is -0.936. The van der Waals surface area contributed by atoms with Gasteiger partial charge in [-0.3, -0.25) is 14.4 Å². The van der Waals surface area contributed by atoms with Crippen molar-refractivity contribution in [3.63, 3.8) is 0 Å². The summed E-state index contributed by atoms with van der Waals surface area (Å²) in [4.78, 5) is 33.9. The predicted octanol–water partition coefficient (Wildman–Crippen LogP) is 5.04. The zero-order valence-corrected chi connectivity index (χ0v) is 17.1. The number of hydroxylamine groups is 1. The fraction of sp³-hybridized carbons (Fsp3) is 0.130. The van der Waals surface area contributed by atoms with Crippen molar-refractivity contribution < 1.29 is 14.4 Å². The van der Waals surface area contributed by atoms with Gasteiger partial charge in [0.05, 0.1) is 17.4 Å². The molecule has 3 aromatic rings. The minimum absolute atomic E-state index is 0.314. The molecule has 3 aromatic carbocycles. The van der Waals surface area contributed by atoms with E-state index in [2.05, 4.69) is 0 Å². The fourth-order valence-corrected chi connectivity index (χ4v) is 4.62. The molecule has 0 radical (unpaired) electrons. The summed E-state index contributed by atoms with van der Waals surface area (Å²) in [5.74, 6) is -1.44. The number of fused-ring (bicyclic) bond motifs is 1. The van der Waals surface area contributed by atoms with Crippen molar-refractivity contribution >= 4 is 46.4 Å². The molecule has 2 aliphatic heterocycles. The first-order chi connectivity index (χ1) is 14.6. The number of benzene rings is 3. The van der Waals surface area contributed by atoms with Gasteiger partial charge in [-0.05, 0) is 42.0 Å². The third-order valence-electron chi connectivity index (χ3n) is 5.42. The van der Waals surface area contributed by atoms with E-state index in [0.717, 1.165) is 5.69 Å². The number of carbonyl (C=O) groups excluding carboxylic acids is 2. The zero-order chi connectivity index (χ0) is 20.8. The summed E-state index contributed by atoms with van der Waals surface area (Å²) in [5, 5.41) is 2.52. The van der Waals surface area contributed by atoms with Gasteiger partial charge < -0.3 is 0 Å². The van der Waals surface area contributed by atoms with Crippen molar-refractivity contribution in [1.82, 2.24) is 0 Å². The number of imide groups is 1. The van der Waals surface area contributed by atoms with Crippen molar-refractivity contribution in [2.45, 2.75) is 12.1 Å². The Morgan fingerprint density at radius 2 is 1.40 bits per heavy atom. The highest BCUT2D eigenvalue weighted by atomic mass is 35.5. The van der Waals surface area contributed by atoms with Crippen molar-refractivity contribution in [1.29, 1.82) is 0 Å². The van der Waals surface area contributed by atoms with Gasteiger partial charge in [-0.2, -0.15) is 0 Å². The Kier molecular flexibility index (Phi) is 4.74. The average molecular weight is 439 g/mol. The zero-order valence-electron chi connectivity index (χ0n) is 15.6. The van der Waals surface area contributed by atoms with Gasteiger partial charge in [0.15, 0.2) is 6.10 Å². The minimum Gasteiger partial charge on any atom is -0.273 e. The first kappa shape index (κ1) is 19.1. The van der Waals surface area contributed by atoms with E-state index >= 15 is 0 Å².